The molecule has 0 saturated carbocycles. The molecule has 0 N–H and O–H groups in total. The van der Waals surface area contributed by atoms with E-state index in [1.165, 1.54) is 19.3 Å². The second-order valence-corrected chi connectivity index (χ2v) is 4.18. The molecule has 0 aromatic carbocycles. The van der Waals surface area contributed by atoms with Gasteiger partial charge in [0.25, 0.3) is 0 Å². The van der Waals surface area contributed by atoms with E-state index in [-0.39, 0.29) is 0 Å². The maximum atomic E-state index is 5.76. The summed E-state index contributed by atoms with van der Waals surface area (Å²) in [5.41, 5.74) is 0. The highest BCUT2D eigenvalue weighted by atomic mass is 35.5. The SMILES string of the molecule is C/C=C\CCCC.C=C(C/C=C(Cl)\C=C/C)OC.CC.CC.CC. The lowest BCUT2D eigenvalue weighted by Gasteiger charge is -1.98. The van der Waals surface area contributed by atoms with Gasteiger partial charge >= 0.3 is 0 Å². The highest BCUT2D eigenvalue weighted by Gasteiger charge is 1.88. The first-order valence-corrected chi connectivity index (χ1v) is 9.81. The van der Waals surface area contributed by atoms with E-state index in [9.17, 15) is 0 Å². The molecule has 0 aromatic heterocycles. The lowest BCUT2D eigenvalue weighted by atomic mass is 10.2. The molecular weight excluding hydrogens is 316 g/mol. The van der Waals surface area contributed by atoms with Crippen molar-refractivity contribution in [3.63, 3.8) is 0 Å². The standard InChI is InChI=1S/C9H13ClO.C7H14.3C2H6/c1-4-5-9(10)7-6-8(2)11-3;1-3-5-7-6-4-2;3*1-2/h4-5,7H,2,6H2,1,3H3;3,5H,4,6-7H2,1-2H3;3*1-2H3/b5-4-,9-7+;5-3-;;;. The Morgan fingerprint density at radius 1 is 1.00 bits per heavy atom. The number of unbranched alkanes of at least 4 members (excludes halogenated alkanes) is 2. The van der Waals surface area contributed by atoms with Gasteiger partial charge in [-0.2, -0.15) is 0 Å². The summed E-state index contributed by atoms with van der Waals surface area (Å²) < 4.78 is 4.86. The van der Waals surface area contributed by atoms with E-state index >= 15 is 0 Å². The Hall–Kier alpha value is -0.950. The molecule has 0 aliphatic heterocycles. The Morgan fingerprint density at radius 3 is 1.83 bits per heavy atom. The Balaban J connectivity index is -0.0000000797. The number of methoxy groups -OCH3 is 1. The van der Waals surface area contributed by atoms with Gasteiger partial charge in [-0.15, -0.1) is 0 Å². The van der Waals surface area contributed by atoms with E-state index in [1.54, 1.807) is 7.11 Å². The second-order valence-electron chi connectivity index (χ2n) is 3.75. The fraction of sp³-hybridized carbons (Fsp3) is 0.636. The number of hydrogen-bond acceptors (Lipinski definition) is 1. The zero-order valence-corrected chi connectivity index (χ0v) is 19.0. The summed E-state index contributed by atoms with van der Waals surface area (Å²) >= 11 is 5.76. The van der Waals surface area contributed by atoms with E-state index in [0.29, 0.717) is 17.2 Å². The lowest BCUT2D eigenvalue weighted by molar-refractivity contribution is 0.287. The van der Waals surface area contributed by atoms with Crippen LogP contribution in [0.15, 0.2) is 47.8 Å². The van der Waals surface area contributed by atoms with Gasteiger partial charge in [0, 0.05) is 11.5 Å². The third-order valence-electron chi connectivity index (χ3n) is 2.10. The van der Waals surface area contributed by atoms with Crippen molar-refractivity contribution in [2.75, 3.05) is 7.11 Å². The van der Waals surface area contributed by atoms with Crippen molar-refractivity contribution in [1.29, 1.82) is 0 Å². The minimum absolute atomic E-state index is 0.666. The van der Waals surface area contributed by atoms with E-state index in [1.807, 2.05) is 66.7 Å². The highest BCUT2D eigenvalue weighted by Crippen LogP contribution is 2.08. The van der Waals surface area contributed by atoms with Crippen molar-refractivity contribution in [3.05, 3.63) is 47.8 Å². The molecule has 0 heterocycles. The molecule has 0 aliphatic carbocycles. The van der Waals surface area contributed by atoms with E-state index < -0.39 is 0 Å². The summed E-state index contributed by atoms with van der Waals surface area (Å²) in [5.74, 6) is 0.715. The molecule has 0 spiro atoms. The van der Waals surface area contributed by atoms with Crippen LogP contribution in [-0.2, 0) is 4.74 Å². The number of halogens is 1. The zero-order valence-electron chi connectivity index (χ0n) is 18.2. The maximum Gasteiger partial charge on any atom is 0.0922 e. The fourth-order valence-corrected chi connectivity index (χ4v) is 1.21. The number of hydrogen-bond donors (Lipinski definition) is 0. The Morgan fingerprint density at radius 2 is 1.50 bits per heavy atom. The monoisotopic (exact) mass is 360 g/mol. The average molecular weight is 361 g/mol. The van der Waals surface area contributed by atoms with Crippen LogP contribution in [0.2, 0.25) is 0 Å². The lowest BCUT2D eigenvalue weighted by Crippen LogP contribution is -1.80. The third kappa shape index (κ3) is 49.7. The molecular formula is C22H45ClO. The predicted molar refractivity (Wildman–Crippen MR) is 118 cm³/mol. The molecule has 0 bridgehead atoms. The van der Waals surface area contributed by atoms with Gasteiger partial charge in [-0.05, 0) is 26.3 Å². The largest absolute Gasteiger partial charge is 0.501 e. The molecule has 0 unspecified atom stereocenters. The summed E-state index contributed by atoms with van der Waals surface area (Å²) in [6.45, 7) is 21.9. The molecule has 0 fully saturated rings. The average Bonchev–Trinajstić information content (AvgIpc) is 2.66. The number of allylic oxidation sites excluding steroid dienone is 6. The minimum atomic E-state index is 0.666. The molecule has 24 heavy (non-hydrogen) atoms. The van der Waals surface area contributed by atoms with Crippen molar-refractivity contribution < 1.29 is 4.74 Å². The van der Waals surface area contributed by atoms with Crippen molar-refractivity contribution in [1.82, 2.24) is 0 Å². The van der Waals surface area contributed by atoms with Crippen LogP contribution in [0.5, 0.6) is 0 Å². The Bertz CT molecular complexity index is 276. The van der Waals surface area contributed by atoms with Gasteiger partial charge in [0.2, 0.25) is 0 Å². The first-order valence-electron chi connectivity index (χ1n) is 9.43. The molecule has 0 amide bonds. The Kier molecular flexibility index (Phi) is 61.8. The van der Waals surface area contributed by atoms with Crippen LogP contribution in [0.3, 0.4) is 0 Å². The zero-order chi connectivity index (χ0) is 20.2. The van der Waals surface area contributed by atoms with E-state index in [4.69, 9.17) is 16.3 Å². The summed E-state index contributed by atoms with van der Waals surface area (Å²) in [5, 5.41) is 0.714. The maximum absolute atomic E-state index is 5.76. The summed E-state index contributed by atoms with van der Waals surface area (Å²) in [4.78, 5) is 0. The summed E-state index contributed by atoms with van der Waals surface area (Å²) in [6, 6.07) is 0. The van der Waals surface area contributed by atoms with Gasteiger partial charge in [-0.25, -0.2) is 0 Å². The summed E-state index contributed by atoms with van der Waals surface area (Å²) in [7, 11) is 1.60. The number of ether oxygens (including phenoxy) is 1. The van der Waals surface area contributed by atoms with Crippen LogP contribution in [0, 0.1) is 0 Å². The fourth-order valence-electron chi connectivity index (χ4n) is 1.01. The van der Waals surface area contributed by atoms with Crippen LogP contribution in [0.1, 0.15) is 88.0 Å². The smallest absolute Gasteiger partial charge is 0.0922 e. The van der Waals surface area contributed by atoms with Crippen LogP contribution in [0.25, 0.3) is 0 Å². The van der Waals surface area contributed by atoms with Crippen molar-refractivity contribution in [2.24, 2.45) is 0 Å². The minimum Gasteiger partial charge on any atom is -0.501 e. The van der Waals surface area contributed by atoms with Crippen LogP contribution < -0.4 is 0 Å². The first-order chi connectivity index (χ1) is 11.6. The molecule has 0 radical (unpaired) electrons. The first kappa shape index (κ1) is 34.4. The van der Waals surface area contributed by atoms with Gasteiger partial charge in [-0.3, -0.25) is 0 Å². The third-order valence-corrected chi connectivity index (χ3v) is 2.38. The van der Waals surface area contributed by atoms with Crippen molar-refractivity contribution in [2.45, 2.75) is 88.0 Å². The molecule has 0 rings (SSSR count). The molecule has 2 heteroatoms. The van der Waals surface area contributed by atoms with Gasteiger partial charge in [0.05, 0.1) is 12.9 Å². The molecule has 0 saturated heterocycles. The molecule has 0 atom stereocenters. The molecule has 0 aromatic rings. The van der Waals surface area contributed by atoms with Gasteiger partial charge < -0.3 is 4.74 Å². The quantitative estimate of drug-likeness (QED) is 0.190. The van der Waals surface area contributed by atoms with Gasteiger partial charge in [0.15, 0.2) is 0 Å². The topological polar surface area (TPSA) is 9.23 Å². The van der Waals surface area contributed by atoms with Crippen LogP contribution in [0.4, 0.5) is 0 Å². The van der Waals surface area contributed by atoms with E-state index in [2.05, 4.69) is 32.6 Å². The second kappa shape index (κ2) is 43.1. The van der Waals surface area contributed by atoms with Crippen LogP contribution >= 0.6 is 11.6 Å². The molecule has 1 nitrogen and oxygen atoms in total. The van der Waals surface area contributed by atoms with E-state index in [0.717, 1.165) is 0 Å². The highest BCUT2D eigenvalue weighted by molar-refractivity contribution is 6.31. The van der Waals surface area contributed by atoms with Crippen molar-refractivity contribution >= 4 is 11.6 Å². The van der Waals surface area contributed by atoms with Crippen LogP contribution in [-0.4, -0.2) is 7.11 Å². The summed E-state index contributed by atoms with van der Waals surface area (Å²) in [6.07, 6.45) is 14.5. The normalized spacial score (nSPS) is 9.38. The molecule has 146 valence electrons. The number of rotatable bonds is 7. The molecule has 0 aliphatic rings. The Labute approximate surface area is 159 Å². The van der Waals surface area contributed by atoms with Gasteiger partial charge in [0.1, 0.15) is 0 Å². The van der Waals surface area contributed by atoms with Gasteiger partial charge in [-0.1, -0.05) is 104 Å². The predicted octanol–water partition coefficient (Wildman–Crippen LogP) is 9.07. The van der Waals surface area contributed by atoms with Crippen molar-refractivity contribution in [3.8, 4) is 0 Å².